The van der Waals surface area contributed by atoms with E-state index in [2.05, 4.69) is 21.3 Å². The van der Waals surface area contributed by atoms with E-state index in [-0.39, 0.29) is 0 Å². The minimum Gasteiger partial charge on any atom is -0.393 e. The molecular weight excluding hydrogens is 272 g/mol. The number of halogens is 1. The third kappa shape index (κ3) is 1.99. The number of fused-ring (bicyclic) bond motifs is 1. The lowest BCUT2D eigenvalue weighted by molar-refractivity contribution is -0.210. The van der Waals surface area contributed by atoms with Crippen molar-refractivity contribution in [1.29, 1.82) is 0 Å². The van der Waals surface area contributed by atoms with Crippen LogP contribution in [0.3, 0.4) is 0 Å². The van der Waals surface area contributed by atoms with Crippen LogP contribution in [0, 0.1) is 11.3 Å². The zero-order valence-electron chi connectivity index (χ0n) is 10.3. The number of hydrogen-bond donors (Lipinski definition) is 1. The van der Waals surface area contributed by atoms with Gasteiger partial charge in [0.2, 0.25) is 0 Å². The van der Waals surface area contributed by atoms with Crippen LogP contribution in [0.4, 0.5) is 0 Å². The number of hydrogen-bond acceptors (Lipinski definition) is 5. The van der Waals surface area contributed by atoms with Crippen LogP contribution in [-0.4, -0.2) is 48.8 Å². The molecule has 0 amide bonds. The van der Waals surface area contributed by atoms with Gasteiger partial charge in [0.15, 0.2) is 17.1 Å². The van der Waals surface area contributed by atoms with Crippen LogP contribution in [0.1, 0.15) is 13.8 Å². The molecule has 2 fully saturated rings. The van der Waals surface area contributed by atoms with Gasteiger partial charge in [-0.25, -0.2) is 0 Å². The van der Waals surface area contributed by atoms with Gasteiger partial charge in [0, 0.05) is 10.3 Å². The number of nitrogens with zero attached hydrogens (tertiary/aromatic N) is 3. The van der Waals surface area contributed by atoms with E-state index in [1.54, 1.807) is 13.8 Å². The highest BCUT2D eigenvalue weighted by Gasteiger charge is 2.69. The highest BCUT2D eigenvalue weighted by molar-refractivity contribution is 6.30. The molecular formula is C10H11BClN3O4. The molecule has 0 aromatic carbocycles. The van der Waals surface area contributed by atoms with Crippen molar-refractivity contribution in [2.24, 2.45) is 5.11 Å². The molecule has 0 aromatic rings. The molecule has 0 aliphatic carbocycles. The summed E-state index contributed by atoms with van der Waals surface area (Å²) in [4.78, 5) is 2.66. The summed E-state index contributed by atoms with van der Waals surface area (Å²) in [6.45, 7) is 2.67. The lowest BCUT2D eigenvalue weighted by atomic mass is 9.80. The summed E-state index contributed by atoms with van der Waals surface area (Å²) in [5.74, 6) is 1.57. The first-order valence-electron chi connectivity index (χ1n) is 5.47. The third-order valence-electron chi connectivity index (χ3n) is 3.05. The topological polar surface area (TPSA) is 96.7 Å². The third-order valence-corrected chi connectivity index (χ3v) is 3.15. The summed E-state index contributed by atoms with van der Waals surface area (Å²) >= 11 is 5.44. The molecule has 0 bridgehead atoms. The van der Waals surface area contributed by atoms with Crippen molar-refractivity contribution >= 4 is 19.4 Å². The van der Waals surface area contributed by atoms with E-state index in [1.165, 1.54) is 0 Å². The molecule has 0 aromatic heterocycles. The summed E-state index contributed by atoms with van der Waals surface area (Å²) in [6.07, 6.45) is -0.989. The summed E-state index contributed by atoms with van der Waals surface area (Å²) in [5, 5.41) is 15.2. The van der Waals surface area contributed by atoms with Gasteiger partial charge in [-0.05, 0) is 36.9 Å². The van der Waals surface area contributed by atoms with Gasteiger partial charge in [0.1, 0.15) is 14.0 Å². The largest absolute Gasteiger partial charge is 0.393 e. The average Bonchev–Trinajstić information content (AvgIpc) is 2.71. The van der Waals surface area contributed by atoms with Gasteiger partial charge in [-0.2, -0.15) is 0 Å². The van der Waals surface area contributed by atoms with Gasteiger partial charge in [-0.15, -0.1) is 0 Å². The number of aliphatic hydroxyl groups is 1. The monoisotopic (exact) mass is 283 g/mol. The lowest BCUT2D eigenvalue weighted by Gasteiger charge is -2.28. The summed E-state index contributed by atoms with van der Waals surface area (Å²) in [6, 6.07) is -1.08. The van der Waals surface area contributed by atoms with Crippen molar-refractivity contribution in [3.05, 3.63) is 10.4 Å². The van der Waals surface area contributed by atoms with E-state index in [0.29, 0.717) is 0 Å². The second-order valence-corrected chi connectivity index (χ2v) is 4.93. The molecule has 0 saturated carbocycles. The minimum absolute atomic E-state index is 0.624. The first kappa shape index (κ1) is 14.5. The fourth-order valence-corrected chi connectivity index (χ4v) is 2.55. The summed E-state index contributed by atoms with van der Waals surface area (Å²) in [7, 11) is 5.86. The molecule has 2 aliphatic rings. The van der Waals surface area contributed by atoms with Gasteiger partial charge in [-0.1, -0.05) is 5.11 Å². The Balaban J connectivity index is 2.56. The molecule has 2 aliphatic heterocycles. The zero-order valence-corrected chi connectivity index (χ0v) is 11.1. The Hall–Kier alpha value is -0.935. The fraction of sp³-hybridized carbons (Fsp3) is 0.800. The van der Waals surface area contributed by atoms with Crippen molar-refractivity contribution < 1.29 is 19.3 Å². The summed E-state index contributed by atoms with van der Waals surface area (Å²) < 4.78 is 16.7. The second kappa shape index (κ2) is 4.56. The summed E-state index contributed by atoms with van der Waals surface area (Å²) in [5.41, 5.74) is 5.55. The van der Waals surface area contributed by atoms with Crippen LogP contribution in [-0.2, 0) is 14.2 Å². The predicted octanol–water partition coefficient (Wildman–Crippen LogP) is 0.600. The standard InChI is InChI=1S/C10H11BClN3O4/c1-8(2)17-6-9(19-8,3-4-12)7(11)18-10(6,5-16)14-15-13/h6-7,16H,5H2,1-2H3/t6?,7-,9?,10-/m1/s1. The Kier molecular flexibility index (Phi) is 3.48. The van der Waals surface area contributed by atoms with E-state index in [0.717, 1.165) is 0 Å². The maximum atomic E-state index is 9.50. The van der Waals surface area contributed by atoms with E-state index >= 15 is 0 Å². The number of rotatable bonds is 2. The van der Waals surface area contributed by atoms with Crippen LogP contribution >= 0.6 is 11.6 Å². The Morgan fingerprint density at radius 2 is 2.21 bits per heavy atom. The molecule has 2 unspecified atom stereocenters. The Labute approximate surface area is 116 Å². The van der Waals surface area contributed by atoms with Crippen LogP contribution < -0.4 is 0 Å². The second-order valence-electron chi connectivity index (χ2n) is 4.74. The van der Waals surface area contributed by atoms with Crippen LogP contribution in [0.5, 0.6) is 0 Å². The maximum absolute atomic E-state index is 9.50. The molecule has 1 N–H and O–H groups in total. The molecule has 0 spiro atoms. The van der Waals surface area contributed by atoms with E-state index in [4.69, 9.17) is 39.2 Å². The highest BCUT2D eigenvalue weighted by Crippen LogP contribution is 2.50. The minimum atomic E-state index is -1.69. The van der Waals surface area contributed by atoms with Gasteiger partial charge in [0.25, 0.3) is 0 Å². The molecule has 2 radical (unpaired) electrons. The Morgan fingerprint density at radius 1 is 1.53 bits per heavy atom. The smallest absolute Gasteiger partial charge is 0.199 e. The Morgan fingerprint density at radius 3 is 2.74 bits per heavy atom. The maximum Gasteiger partial charge on any atom is 0.199 e. The number of aliphatic hydroxyl groups excluding tert-OH is 1. The molecule has 7 nitrogen and oxygen atoms in total. The first-order valence-corrected chi connectivity index (χ1v) is 5.85. The highest BCUT2D eigenvalue weighted by atomic mass is 35.5. The first-order chi connectivity index (χ1) is 8.86. The van der Waals surface area contributed by atoms with Crippen molar-refractivity contribution in [3.8, 4) is 11.3 Å². The molecule has 100 valence electrons. The SMILES string of the molecule is [B][C@@H]1O[C@@](CO)(N=[N+]=[N-])C2OC(C)(C)OC21C#CCl. The zero-order chi connectivity index (χ0) is 14.3. The lowest BCUT2D eigenvalue weighted by Crippen LogP contribution is -2.49. The van der Waals surface area contributed by atoms with Crippen molar-refractivity contribution in [1.82, 2.24) is 0 Å². The van der Waals surface area contributed by atoms with Gasteiger partial charge in [-0.3, -0.25) is 0 Å². The van der Waals surface area contributed by atoms with Gasteiger partial charge in [0.05, 0.1) is 12.6 Å². The molecule has 2 rings (SSSR count). The van der Waals surface area contributed by atoms with Crippen molar-refractivity contribution in [3.63, 3.8) is 0 Å². The van der Waals surface area contributed by atoms with E-state index in [1.807, 2.05) is 0 Å². The number of ether oxygens (including phenoxy) is 3. The predicted molar refractivity (Wildman–Crippen MR) is 66.0 cm³/mol. The van der Waals surface area contributed by atoms with Crippen LogP contribution in [0.15, 0.2) is 5.11 Å². The van der Waals surface area contributed by atoms with Crippen molar-refractivity contribution in [2.75, 3.05) is 6.61 Å². The van der Waals surface area contributed by atoms with Crippen LogP contribution in [0.2, 0.25) is 0 Å². The van der Waals surface area contributed by atoms with Gasteiger partial charge >= 0.3 is 0 Å². The molecule has 19 heavy (non-hydrogen) atoms. The van der Waals surface area contributed by atoms with E-state index in [9.17, 15) is 5.11 Å². The average molecular weight is 283 g/mol. The van der Waals surface area contributed by atoms with Gasteiger partial charge < -0.3 is 19.3 Å². The number of azide groups is 1. The molecule has 9 heteroatoms. The normalized spacial score (nSPS) is 42.9. The molecule has 4 atom stereocenters. The quantitative estimate of drug-likeness (QED) is 0.264. The molecule has 2 saturated heterocycles. The van der Waals surface area contributed by atoms with Crippen molar-refractivity contribution in [2.45, 2.75) is 43.1 Å². The molecule has 2 heterocycles. The van der Waals surface area contributed by atoms with Crippen LogP contribution in [0.25, 0.3) is 10.4 Å². The van der Waals surface area contributed by atoms with E-state index < -0.39 is 35.8 Å². The fourth-order valence-electron chi connectivity index (χ4n) is 2.40. The Bertz CT molecular complexity index is 501.